The Kier molecular flexibility index (Phi) is 6.96. The first-order valence-corrected chi connectivity index (χ1v) is 11.5. The Morgan fingerprint density at radius 3 is 2.79 bits per heavy atom. The molecule has 0 saturated carbocycles. The molecule has 3 heterocycles. The van der Waals surface area contributed by atoms with Gasteiger partial charge in [-0.25, -0.2) is 4.98 Å². The Bertz CT molecular complexity index is 1240. The van der Waals surface area contributed by atoms with Gasteiger partial charge in [0.1, 0.15) is 6.04 Å². The second-order valence-corrected chi connectivity index (χ2v) is 9.36. The van der Waals surface area contributed by atoms with Gasteiger partial charge in [-0.3, -0.25) is 14.4 Å². The predicted octanol–water partition coefficient (Wildman–Crippen LogP) is 1.91. The summed E-state index contributed by atoms with van der Waals surface area (Å²) in [5, 5.41) is 1.04. The van der Waals surface area contributed by atoms with Crippen LogP contribution in [0, 0.1) is 0 Å². The summed E-state index contributed by atoms with van der Waals surface area (Å²) >= 11 is 7.13. The second kappa shape index (κ2) is 9.90. The number of ether oxygens (including phenoxy) is 2. The summed E-state index contributed by atoms with van der Waals surface area (Å²) in [4.78, 5) is 45.9. The summed E-state index contributed by atoms with van der Waals surface area (Å²) in [6, 6.07) is 8.04. The largest absolute Gasteiger partial charge is 0.474 e. The van der Waals surface area contributed by atoms with Crippen molar-refractivity contribution < 1.29 is 19.1 Å². The van der Waals surface area contributed by atoms with E-state index >= 15 is 0 Å². The van der Waals surface area contributed by atoms with Crippen LogP contribution in [0.3, 0.4) is 0 Å². The molecule has 0 radical (unpaired) electrons. The molecule has 0 unspecified atom stereocenters. The first kappa shape index (κ1) is 23.2. The summed E-state index contributed by atoms with van der Waals surface area (Å²) < 4.78 is 12.8. The SMILES string of the molecule is COC[C@H]1C(=O)N(Cc2ccc3ncn(C)c(=O)c3c2)CCN1C(=O)COc1ccc(Cl)s1. The van der Waals surface area contributed by atoms with Gasteiger partial charge in [0.05, 0.1) is 28.2 Å². The van der Waals surface area contributed by atoms with Crippen molar-refractivity contribution in [1.82, 2.24) is 19.4 Å². The van der Waals surface area contributed by atoms with Gasteiger partial charge in [-0.15, -0.1) is 0 Å². The maximum absolute atomic E-state index is 13.2. The standard InChI is InChI=1S/C22H23ClN4O5S/c1-25-13-24-16-4-3-14(9-15(16)21(25)29)10-26-7-8-27(17(11-31-2)22(26)30)19(28)12-32-20-6-5-18(23)33-20/h3-6,9,13,17H,7-8,10-12H2,1-2H3/t17-/m0/s1. The molecule has 33 heavy (non-hydrogen) atoms. The Morgan fingerprint density at radius 1 is 1.24 bits per heavy atom. The van der Waals surface area contributed by atoms with E-state index in [1.807, 2.05) is 6.07 Å². The molecule has 1 aromatic carbocycles. The van der Waals surface area contributed by atoms with Crippen LogP contribution in [0.1, 0.15) is 5.56 Å². The molecule has 2 amide bonds. The van der Waals surface area contributed by atoms with Crippen molar-refractivity contribution in [2.75, 3.05) is 33.4 Å². The number of hydrogen-bond acceptors (Lipinski definition) is 7. The number of aromatic nitrogens is 2. The highest BCUT2D eigenvalue weighted by Gasteiger charge is 2.37. The average molecular weight is 491 g/mol. The van der Waals surface area contributed by atoms with Gasteiger partial charge < -0.3 is 23.8 Å². The Hall–Kier alpha value is -2.95. The van der Waals surface area contributed by atoms with Crippen LogP contribution in [0.2, 0.25) is 4.34 Å². The van der Waals surface area contributed by atoms with Gasteiger partial charge in [-0.05, 0) is 29.8 Å². The number of aryl methyl sites for hydroxylation is 1. The van der Waals surface area contributed by atoms with Crippen molar-refractivity contribution in [2.24, 2.45) is 7.05 Å². The number of carbonyl (C=O) groups is 2. The zero-order valence-electron chi connectivity index (χ0n) is 18.2. The highest BCUT2D eigenvalue weighted by atomic mass is 35.5. The van der Waals surface area contributed by atoms with Gasteiger partial charge in [0, 0.05) is 33.8 Å². The van der Waals surface area contributed by atoms with Crippen LogP contribution < -0.4 is 10.3 Å². The van der Waals surface area contributed by atoms with Crippen molar-refractivity contribution in [3.8, 4) is 5.06 Å². The number of amides is 2. The van der Waals surface area contributed by atoms with Crippen LogP contribution in [-0.2, 0) is 27.9 Å². The molecule has 2 aromatic heterocycles. The second-order valence-electron chi connectivity index (χ2n) is 7.68. The van der Waals surface area contributed by atoms with E-state index in [2.05, 4.69) is 4.98 Å². The molecular formula is C22H23ClN4O5S. The minimum atomic E-state index is -0.748. The summed E-state index contributed by atoms with van der Waals surface area (Å²) in [5.41, 5.74) is 1.27. The summed E-state index contributed by atoms with van der Waals surface area (Å²) in [5.74, 6) is -0.510. The molecule has 0 spiro atoms. The predicted molar refractivity (Wildman–Crippen MR) is 125 cm³/mol. The molecule has 1 aliphatic rings. The van der Waals surface area contributed by atoms with E-state index in [1.54, 1.807) is 36.2 Å². The van der Waals surface area contributed by atoms with Crippen LogP contribution in [0.4, 0.5) is 0 Å². The van der Waals surface area contributed by atoms with E-state index in [1.165, 1.54) is 34.2 Å². The topological polar surface area (TPSA) is 94.0 Å². The minimum Gasteiger partial charge on any atom is -0.474 e. The molecule has 4 rings (SSSR count). The van der Waals surface area contributed by atoms with Crippen molar-refractivity contribution in [2.45, 2.75) is 12.6 Å². The number of piperazine rings is 1. The number of fused-ring (bicyclic) bond motifs is 1. The molecular weight excluding hydrogens is 468 g/mol. The summed E-state index contributed by atoms with van der Waals surface area (Å²) in [6.45, 7) is 0.918. The van der Waals surface area contributed by atoms with E-state index in [0.29, 0.717) is 39.9 Å². The van der Waals surface area contributed by atoms with Gasteiger partial charge in [-0.1, -0.05) is 29.0 Å². The lowest BCUT2D eigenvalue weighted by Gasteiger charge is -2.40. The van der Waals surface area contributed by atoms with Crippen LogP contribution >= 0.6 is 22.9 Å². The first-order valence-electron chi connectivity index (χ1n) is 10.3. The maximum atomic E-state index is 13.2. The van der Waals surface area contributed by atoms with Crippen molar-refractivity contribution in [1.29, 1.82) is 0 Å². The van der Waals surface area contributed by atoms with Crippen molar-refractivity contribution >= 4 is 45.7 Å². The molecule has 11 heteroatoms. The molecule has 3 aromatic rings. The van der Waals surface area contributed by atoms with Crippen LogP contribution in [0.15, 0.2) is 41.5 Å². The Morgan fingerprint density at radius 2 is 2.06 bits per heavy atom. The number of rotatable bonds is 7. The van der Waals surface area contributed by atoms with Crippen LogP contribution in [0.25, 0.3) is 10.9 Å². The molecule has 1 fully saturated rings. The number of thiophene rings is 1. The molecule has 0 N–H and O–H groups in total. The number of halogens is 1. The van der Waals surface area contributed by atoms with Gasteiger partial charge in [0.2, 0.25) is 5.91 Å². The van der Waals surface area contributed by atoms with E-state index in [-0.39, 0.29) is 30.6 Å². The van der Waals surface area contributed by atoms with E-state index in [9.17, 15) is 14.4 Å². The van der Waals surface area contributed by atoms with Crippen molar-refractivity contribution in [3.63, 3.8) is 0 Å². The fraction of sp³-hybridized carbons (Fsp3) is 0.364. The Balaban J connectivity index is 1.47. The number of hydrogen-bond donors (Lipinski definition) is 0. The lowest BCUT2D eigenvalue weighted by Crippen LogP contribution is -2.60. The smallest absolute Gasteiger partial charge is 0.261 e. The number of benzene rings is 1. The van der Waals surface area contributed by atoms with Crippen molar-refractivity contribution in [3.05, 3.63) is 56.9 Å². The normalized spacial score (nSPS) is 16.5. The molecule has 9 nitrogen and oxygen atoms in total. The Labute approximate surface area is 199 Å². The van der Waals surface area contributed by atoms with Gasteiger partial charge in [0.25, 0.3) is 11.5 Å². The van der Waals surface area contributed by atoms with Crippen LogP contribution in [-0.4, -0.2) is 70.6 Å². The molecule has 1 atom stereocenters. The van der Waals surface area contributed by atoms with E-state index in [0.717, 1.165) is 5.56 Å². The lowest BCUT2D eigenvalue weighted by molar-refractivity contribution is -0.155. The zero-order valence-corrected chi connectivity index (χ0v) is 19.8. The van der Waals surface area contributed by atoms with Gasteiger partial charge in [-0.2, -0.15) is 0 Å². The number of methoxy groups -OCH3 is 1. The average Bonchev–Trinajstić information content (AvgIpc) is 3.23. The van der Waals surface area contributed by atoms with Gasteiger partial charge in [0.15, 0.2) is 11.7 Å². The zero-order chi connectivity index (χ0) is 23.5. The van der Waals surface area contributed by atoms with E-state index < -0.39 is 6.04 Å². The fourth-order valence-electron chi connectivity index (χ4n) is 3.78. The summed E-state index contributed by atoms with van der Waals surface area (Å²) in [7, 11) is 3.14. The lowest BCUT2D eigenvalue weighted by atomic mass is 10.1. The third kappa shape index (κ3) is 5.02. The summed E-state index contributed by atoms with van der Waals surface area (Å²) in [6.07, 6.45) is 1.48. The van der Waals surface area contributed by atoms with E-state index in [4.69, 9.17) is 21.1 Å². The third-order valence-electron chi connectivity index (χ3n) is 5.47. The third-order valence-corrected chi connectivity index (χ3v) is 6.61. The molecule has 1 saturated heterocycles. The quantitative estimate of drug-likeness (QED) is 0.502. The van der Waals surface area contributed by atoms with Crippen LogP contribution in [0.5, 0.6) is 5.06 Å². The molecule has 0 aliphatic carbocycles. The monoisotopic (exact) mass is 490 g/mol. The number of carbonyl (C=O) groups excluding carboxylic acids is 2. The molecule has 174 valence electrons. The fourth-order valence-corrected chi connectivity index (χ4v) is 4.65. The highest BCUT2D eigenvalue weighted by molar-refractivity contribution is 7.17. The van der Waals surface area contributed by atoms with Gasteiger partial charge >= 0.3 is 0 Å². The number of nitrogens with zero attached hydrogens (tertiary/aromatic N) is 4. The minimum absolute atomic E-state index is 0.0775. The highest BCUT2D eigenvalue weighted by Crippen LogP contribution is 2.28. The maximum Gasteiger partial charge on any atom is 0.261 e. The molecule has 0 bridgehead atoms. The molecule has 1 aliphatic heterocycles. The first-order chi connectivity index (χ1) is 15.9.